The third-order valence-corrected chi connectivity index (χ3v) is 3.14. The Morgan fingerprint density at radius 1 is 1.38 bits per heavy atom. The fourth-order valence-corrected chi connectivity index (χ4v) is 2.41. The molecule has 0 amide bonds. The molecule has 1 rings (SSSR count). The van der Waals surface area contributed by atoms with Crippen LogP contribution in [-0.4, -0.2) is 11.7 Å². The first-order valence-electron chi connectivity index (χ1n) is 4.43. The van der Waals surface area contributed by atoms with Gasteiger partial charge in [-0.25, -0.2) is 0 Å². The molecule has 0 aliphatic heterocycles. The third-order valence-electron chi connectivity index (χ3n) is 1.97. The van der Waals surface area contributed by atoms with Gasteiger partial charge in [0.05, 0.1) is 5.38 Å². The van der Waals surface area contributed by atoms with E-state index < -0.39 is 0 Å². The molecule has 1 N–H and O–H groups in total. The number of nitrogens with zero attached hydrogens (tertiary/aromatic N) is 1. The Bertz CT molecular complexity index is 228. The smallest absolute Gasteiger partial charge is 0.237 e. The third kappa shape index (κ3) is 3.04. The molecular weight excluding hydrogens is 250 g/mol. The highest BCUT2D eigenvalue weighted by atomic mass is 79.9. The van der Waals surface area contributed by atoms with Gasteiger partial charge in [-0.2, -0.15) is 4.57 Å². The molecular formula is C9H16BrNOS. The minimum atomic E-state index is 0. The van der Waals surface area contributed by atoms with E-state index in [0.717, 1.165) is 19.4 Å². The fraction of sp³-hybridized carbons (Fsp3) is 0.667. The van der Waals surface area contributed by atoms with Gasteiger partial charge in [0.15, 0.2) is 12.2 Å². The van der Waals surface area contributed by atoms with Gasteiger partial charge in [0.1, 0.15) is 6.61 Å². The molecule has 0 aliphatic carbocycles. The number of thiazole rings is 1. The van der Waals surface area contributed by atoms with Crippen LogP contribution in [-0.2, 0) is 19.4 Å². The molecule has 0 saturated carbocycles. The first kappa shape index (κ1) is 13.1. The average molecular weight is 266 g/mol. The molecule has 0 saturated heterocycles. The minimum Gasteiger partial charge on any atom is -1.00 e. The Kier molecular flexibility index (Phi) is 6.55. The van der Waals surface area contributed by atoms with E-state index in [4.69, 9.17) is 5.11 Å². The second-order valence-corrected chi connectivity index (χ2v) is 3.65. The van der Waals surface area contributed by atoms with E-state index in [1.165, 1.54) is 10.7 Å². The Labute approximate surface area is 94.0 Å². The van der Waals surface area contributed by atoms with Crippen LogP contribution < -0.4 is 21.5 Å². The molecule has 0 spiro atoms. The van der Waals surface area contributed by atoms with Crippen molar-refractivity contribution in [3.63, 3.8) is 0 Å². The Balaban J connectivity index is 0.00000144. The molecule has 0 bridgehead atoms. The van der Waals surface area contributed by atoms with Gasteiger partial charge >= 0.3 is 0 Å². The number of rotatable bonds is 4. The molecule has 0 radical (unpaired) electrons. The van der Waals surface area contributed by atoms with Crippen molar-refractivity contribution in [2.24, 2.45) is 0 Å². The molecule has 0 fully saturated rings. The normalized spacial score (nSPS) is 9.77. The number of hydrogen-bond donors (Lipinski definition) is 1. The van der Waals surface area contributed by atoms with Crippen LogP contribution in [0.2, 0.25) is 0 Å². The summed E-state index contributed by atoms with van der Waals surface area (Å²) in [6.45, 7) is 5.28. The van der Waals surface area contributed by atoms with Gasteiger partial charge in [-0.15, -0.1) is 0 Å². The maximum Gasteiger partial charge on any atom is 0.237 e. The molecule has 13 heavy (non-hydrogen) atoms. The molecule has 0 atom stereocenters. The van der Waals surface area contributed by atoms with Crippen molar-refractivity contribution in [3.05, 3.63) is 16.1 Å². The topological polar surface area (TPSA) is 24.1 Å². The maximum absolute atomic E-state index is 8.86. The highest BCUT2D eigenvalue weighted by molar-refractivity contribution is 7.09. The van der Waals surface area contributed by atoms with Crippen LogP contribution in [0.3, 0.4) is 0 Å². The lowest BCUT2D eigenvalue weighted by molar-refractivity contribution is -0.707. The standard InChI is InChI=1S/C9H16NOS.BrH/c1-3-8-7-12-9(4-2)10(8)5-6-11;/h7,11H,3-6H2,1-2H3;1H/q+1;/p-1. The molecule has 0 unspecified atom stereocenters. The number of aryl methyl sites for hydroxylation is 2. The summed E-state index contributed by atoms with van der Waals surface area (Å²) in [5.74, 6) is 0. The van der Waals surface area contributed by atoms with E-state index >= 15 is 0 Å². The van der Waals surface area contributed by atoms with Crippen LogP contribution >= 0.6 is 11.3 Å². The molecule has 76 valence electrons. The molecule has 0 aliphatic rings. The van der Waals surface area contributed by atoms with Gasteiger partial charge < -0.3 is 22.1 Å². The predicted octanol–water partition coefficient (Wildman–Crippen LogP) is -1.84. The highest BCUT2D eigenvalue weighted by Crippen LogP contribution is 2.08. The summed E-state index contributed by atoms with van der Waals surface area (Å²) in [7, 11) is 0. The van der Waals surface area contributed by atoms with Crippen LogP contribution in [0.5, 0.6) is 0 Å². The van der Waals surface area contributed by atoms with Crippen LogP contribution in [0, 0.1) is 0 Å². The van der Waals surface area contributed by atoms with Crippen molar-refractivity contribution >= 4 is 11.3 Å². The van der Waals surface area contributed by atoms with E-state index in [1.807, 2.05) is 0 Å². The van der Waals surface area contributed by atoms with Crippen molar-refractivity contribution in [3.8, 4) is 0 Å². The first-order chi connectivity index (χ1) is 5.83. The van der Waals surface area contributed by atoms with Crippen molar-refractivity contribution in [2.45, 2.75) is 33.2 Å². The van der Waals surface area contributed by atoms with E-state index in [1.54, 1.807) is 11.3 Å². The van der Waals surface area contributed by atoms with E-state index in [9.17, 15) is 0 Å². The number of aliphatic hydroxyl groups is 1. The molecule has 2 nitrogen and oxygen atoms in total. The van der Waals surface area contributed by atoms with Gasteiger partial charge in [0.25, 0.3) is 0 Å². The Hall–Kier alpha value is 0.0700. The minimum absolute atomic E-state index is 0. The first-order valence-corrected chi connectivity index (χ1v) is 5.31. The molecule has 1 aromatic heterocycles. The zero-order chi connectivity index (χ0) is 8.97. The van der Waals surface area contributed by atoms with Gasteiger partial charge in [-0.1, -0.05) is 25.2 Å². The lowest BCUT2D eigenvalue weighted by Crippen LogP contribution is -3.00. The van der Waals surface area contributed by atoms with Gasteiger partial charge in [0, 0.05) is 12.8 Å². The SMILES string of the molecule is CCc1csc(CC)[n+]1CCO.[Br-]. The molecule has 4 heteroatoms. The zero-order valence-electron chi connectivity index (χ0n) is 8.09. The van der Waals surface area contributed by atoms with Crippen molar-refractivity contribution in [1.82, 2.24) is 0 Å². The van der Waals surface area contributed by atoms with Crippen LogP contribution in [0.15, 0.2) is 5.38 Å². The second kappa shape index (κ2) is 6.51. The van der Waals surface area contributed by atoms with Crippen molar-refractivity contribution in [1.29, 1.82) is 0 Å². The van der Waals surface area contributed by atoms with Crippen molar-refractivity contribution < 1.29 is 26.7 Å². The van der Waals surface area contributed by atoms with Crippen LogP contribution in [0.1, 0.15) is 24.5 Å². The molecule has 0 aromatic carbocycles. The quantitative estimate of drug-likeness (QED) is 0.636. The zero-order valence-corrected chi connectivity index (χ0v) is 10.5. The summed E-state index contributed by atoms with van der Waals surface area (Å²) in [6.07, 6.45) is 2.11. The fourth-order valence-electron chi connectivity index (χ4n) is 1.34. The summed E-state index contributed by atoms with van der Waals surface area (Å²) >= 11 is 1.79. The lowest BCUT2D eigenvalue weighted by atomic mass is 10.3. The number of halogens is 1. The molecule has 1 aromatic rings. The van der Waals surface area contributed by atoms with Crippen LogP contribution in [0.4, 0.5) is 0 Å². The monoisotopic (exact) mass is 265 g/mol. The Morgan fingerprint density at radius 3 is 2.54 bits per heavy atom. The number of aromatic nitrogens is 1. The summed E-state index contributed by atoms with van der Waals surface area (Å²) in [5, 5.41) is 12.4. The summed E-state index contributed by atoms with van der Waals surface area (Å²) in [6, 6.07) is 0. The molecule has 1 heterocycles. The highest BCUT2D eigenvalue weighted by Gasteiger charge is 2.15. The summed E-state index contributed by atoms with van der Waals surface area (Å²) in [5.41, 5.74) is 1.34. The number of hydrogen-bond acceptors (Lipinski definition) is 2. The summed E-state index contributed by atoms with van der Waals surface area (Å²) in [4.78, 5) is 0. The van der Waals surface area contributed by atoms with E-state index in [-0.39, 0.29) is 23.6 Å². The summed E-state index contributed by atoms with van der Waals surface area (Å²) < 4.78 is 2.23. The average Bonchev–Trinajstić information content (AvgIpc) is 2.48. The second-order valence-electron chi connectivity index (χ2n) is 2.70. The maximum atomic E-state index is 8.86. The predicted molar refractivity (Wildman–Crippen MR) is 50.4 cm³/mol. The van der Waals surface area contributed by atoms with Gasteiger partial charge in [-0.3, -0.25) is 0 Å². The lowest BCUT2D eigenvalue weighted by Gasteiger charge is -1.96. The Morgan fingerprint density at radius 2 is 2.08 bits per heavy atom. The van der Waals surface area contributed by atoms with Crippen molar-refractivity contribution in [2.75, 3.05) is 6.61 Å². The van der Waals surface area contributed by atoms with E-state index in [2.05, 4.69) is 23.8 Å². The van der Waals surface area contributed by atoms with Crippen LogP contribution in [0.25, 0.3) is 0 Å². The van der Waals surface area contributed by atoms with E-state index in [0.29, 0.717) is 0 Å². The van der Waals surface area contributed by atoms with Gasteiger partial charge in [-0.05, 0) is 0 Å². The van der Waals surface area contributed by atoms with Gasteiger partial charge in [0.2, 0.25) is 5.01 Å². The number of aliphatic hydroxyl groups excluding tert-OH is 1. The largest absolute Gasteiger partial charge is 1.00 e.